The van der Waals surface area contributed by atoms with Crippen LogP contribution in [0.5, 0.6) is 0 Å². The topological polar surface area (TPSA) is 20.2 Å². The molecule has 0 fully saturated rings. The van der Waals surface area contributed by atoms with Crippen molar-refractivity contribution in [3.63, 3.8) is 0 Å². The summed E-state index contributed by atoms with van der Waals surface area (Å²) in [5.41, 5.74) is 3.94. The lowest BCUT2D eigenvalue weighted by Gasteiger charge is -2.13. The molecule has 88 valence electrons. The molecule has 2 rings (SSSR count). The predicted octanol–water partition coefficient (Wildman–Crippen LogP) is 4.04. The molecule has 0 saturated carbocycles. The zero-order chi connectivity index (χ0) is 12.4. The lowest BCUT2D eigenvalue weighted by Crippen LogP contribution is -2.00. The summed E-state index contributed by atoms with van der Waals surface area (Å²) in [6.07, 6.45) is -0.591. The molecule has 2 heteroatoms. The first kappa shape index (κ1) is 12.2. The average molecular weight is 247 g/mol. The van der Waals surface area contributed by atoms with Crippen molar-refractivity contribution in [1.82, 2.24) is 0 Å². The van der Waals surface area contributed by atoms with Crippen molar-refractivity contribution in [2.45, 2.75) is 20.0 Å². The van der Waals surface area contributed by atoms with E-state index in [4.69, 9.17) is 11.6 Å². The molecule has 0 aliphatic heterocycles. The van der Waals surface area contributed by atoms with Crippen LogP contribution in [-0.2, 0) is 0 Å². The third-order valence-electron chi connectivity index (χ3n) is 2.89. The Labute approximate surface area is 107 Å². The monoisotopic (exact) mass is 246 g/mol. The van der Waals surface area contributed by atoms with Crippen LogP contribution >= 0.6 is 11.6 Å². The van der Waals surface area contributed by atoms with Gasteiger partial charge in [0.1, 0.15) is 6.10 Å². The van der Waals surface area contributed by atoms with Gasteiger partial charge in [0, 0.05) is 5.02 Å². The Morgan fingerprint density at radius 3 is 2.12 bits per heavy atom. The first-order valence-corrected chi connectivity index (χ1v) is 5.96. The van der Waals surface area contributed by atoms with Gasteiger partial charge in [-0.2, -0.15) is 0 Å². The van der Waals surface area contributed by atoms with Crippen molar-refractivity contribution in [3.8, 4) is 0 Å². The Bertz CT molecular complexity index is 517. The lowest BCUT2D eigenvalue weighted by atomic mass is 9.99. The van der Waals surface area contributed by atoms with Gasteiger partial charge in [-0.1, -0.05) is 53.6 Å². The molecule has 0 saturated heterocycles. The van der Waals surface area contributed by atoms with Crippen molar-refractivity contribution in [3.05, 3.63) is 69.7 Å². The average Bonchev–Trinajstić information content (AvgIpc) is 2.33. The van der Waals surface area contributed by atoms with Gasteiger partial charge in [0.15, 0.2) is 0 Å². The molecule has 1 N–H and O–H groups in total. The van der Waals surface area contributed by atoms with E-state index >= 15 is 0 Å². The highest BCUT2D eigenvalue weighted by atomic mass is 35.5. The van der Waals surface area contributed by atoms with Crippen molar-refractivity contribution >= 4 is 11.6 Å². The van der Waals surface area contributed by atoms with Gasteiger partial charge < -0.3 is 5.11 Å². The molecule has 0 heterocycles. The first-order valence-electron chi connectivity index (χ1n) is 5.58. The van der Waals surface area contributed by atoms with E-state index in [1.807, 2.05) is 56.3 Å². The van der Waals surface area contributed by atoms with E-state index in [1.54, 1.807) is 0 Å². The van der Waals surface area contributed by atoms with Crippen LogP contribution in [0.25, 0.3) is 0 Å². The summed E-state index contributed by atoms with van der Waals surface area (Å²) in [6, 6.07) is 13.5. The van der Waals surface area contributed by atoms with Gasteiger partial charge in [-0.15, -0.1) is 0 Å². The molecule has 0 aromatic heterocycles. The number of aryl methyl sites for hydroxylation is 2. The summed E-state index contributed by atoms with van der Waals surface area (Å²) in [5, 5.41) is 11.0. The summed E-state index contributed by atoms with van der Waals surface area (Å²) in [6.45, 7) is 3.97. The van der Waals surface area contributed by atoms with Gasteiger partial charge in [-0.25, -0.2) is 0 Å². The number of hydrogen-bond donors (Lipinski definition) is 1. The molecule has 2 aromatic rings. The molecule has 1 atom stereocenters. The minimum absolute atomic E-state index is 0.591. The largest absolute Gasteiger partial charge is 0.384 e. The number of aliphatic hydroxyl groups excluding tert-OH is 1. The minimum atomic E-state index is -0.591. The van der Waals surface area contributed by atoms with Crippen LogP contribution in [0.4, 0.5) is 0 Å². The summed E-state index contributed by atoms with van der Waals surface area (Å²) in [5.74, 6) is 0. The van der Waals surface area contributed by atoms with Gasteiger partial charge in [-0.05, 0) is 36.6 Å². The fourth-order valence-corrected chi connectivity index (χ4v) is 1.90. The standard InChI is InChI=1S/C15H15ClO/c1-10-3-5-12(6-4-10)15(17)13-7-8-14(16)11(2)9-13/h3-9,15,17H,1-2H3. The van der Waals surface area contributed by atoms with E-state index in [1.165, 1.54) is 5.56 Å². The van der Waals surface area contributed by atoms with E-state index in [2.05, 4.69) is 0 Å². The van der Waals surface area contributed by atoms with Crippen LogP contribution in [0.1, 0.15) is 28.4 Å². The zero-order valence-electron chi connectivity index (χ0n) is 9.94. The number of halogens is 1. The maximum atomic E-state index is 10.3. The molecule has 0 spiro atoms. The van der Waals surface area contributed by atoms with Crippen LogP contribution in [0.3, 0.4) is 0 Å². The smallest absolute Gasteiger partial charge is 0.104 e. The fraction of sp³-hybridized carbons (Fsp3) is 0.200. The van der Waals surface area contributed by atoms with E-state index in [0.29, 0.717) is 0 Å². The molecular weight excluding hydrogens is 232 g/mol. The molecule has 1 unspecified atom stereocenters. The lowest BCUT2D eigenvalue weighted by molar-refractivity contribution is 0.220. The van der Waals surface area contributed by atoms with Gasteiger partial charge >= 0.3 is 0 Å². The third-order valence-corrected chi connectivity index (χ3v) is 3.31. The Morgan fingerprint density at radius 2 is 1.53 bits per heavy atom. The van der Waals surface area contributed by atoms with E-state index < -0.39 is 6.10 Å². The first-order chi connectivity index (χ1) is 8.08. The Hall–Kier alpha value is -1.31. The Balaban J connectivity index is 2.33. The van der Waals surface area contributed by atoms with Gasteiger partial charge in [0.05, 0.1) is 0 Å². The molecule has 0 radical (unpaired) electrons. The zero-order valence-corrected chi connectivity index (χ0v) is 10.7. The van der Waals surface area contributed by atoms with Crippen molar-refractivity contribution in [2.75, 3.05) is 0 Å². The highest BCUT2D eigenvalue weighted by molar-refractivity contribution is 6.31. The van der Waals surface area contributed by atoms with Crippen LogP contribution in [-0.4, -0.2) is 5.11 Å². The van der Waals surface area contributed by atoms with E-state index in [-0.39, 0.29) is 0 Å². The second-order valence-electron chi connectivity index (χ2n) is 4.32. The van der Waals surface area contributed by atoms with Crippen molar-refractivity contribution < 1.29 is 5.11 Å². The summed E-state index contributed by atoms with van der Waals surface area (Å²) in [4.78, 5) is 0. The van der Waals surface area contributed by atoms with E-state index in [9.17, 15) is 5.11 Å². The molecular formula is C15H15ClO. The van der Waals surface area contributed by atoms with E-state index in [0.717, 1.165) is 21.7 Å². The van der Waals surface area contributed by atoms with Crippen LogP contribution in [0.15, 0.2) is 42.5 Å². The molecule has 0 bridgehead atoms. The molecule has 1 nitrogen and oxygen atoms in total. The summed E-state index contributed by atoms with van der Waals surface area (Å²) >= 11 is 5.97. The number of hydrogen-bond acceptors (Lipinski definition) is 1. The van der Waals surface area contributed by atoms with Gasteiger partial charge in [0.25, 0.3) is 0 Å². The molecule has 2 aromatic carbocycles. The Kier molecular flexibility index (Phi) is 3.51. The number of rotatable bonds is 2. The van der Waals surface area contributed by atoms with Crippen molar-refractivity contribution in [1.29, 1.82) is 0 Å². The van der Waals surface area contributed by atoms with Crippen LogP contribution < -0.4 is 0 Å². The van der Waals surface area contributed by atoms with Gasteiger partial charge in [0.2, 0.25) is 0 Å². The van der Waals surface area contributed by atoms with Crippen LogP contribution in [0.2, 0.25) is 5.02 Å². The minimum Gasteiger partial charge on any atom is -0.384 e. The molecule has 17 heavy (non-hydrogen) atoms. The predicted molar refractivity (Wildman–Crippen MR) is 71.4 cm³/mol. The number of aliphatic hydroxyl groups is 1. The molecule has 0 aliphatic carbocycles. The van der Waals surface area contributed by atoms with Crippen molar-refractivity contribution in [2.24, 2.45) is 0 Å². The molecule has 0 aliphatic rings. The second kappa shape index (κ2) is 4.91. The second-order valence-corrected chi connectivity index (χ2v) is 4.73. The quantitative estimate of drug-likeness (QED) is 0.848. The van der Waals surface area contributed by atoms with Gasteiger partial charge in [-0.3, -0.25) is 0 Å². The summed E-state index contributed by atoms with van der Waals surface area (Å²) < 4.78 is 0. The maximum Gasteiger partial charge on any atom is 0.104 e. The fourth-order valence-electron chi connectivity index (χ4n) is 1.78. The normalized spacial score (nSPS) is 12.5. The number of benzene rings is 2. The maximum absolute atomic E-state index is 10.3. The summed E-state index contributed by atoms with van der Waals surface area (Å²) in [7, 11) is 0. The highest BCUT2D eigenvalue weighted by Crippen LogP contribution is 2.25. The van der Waals surface area contributed by atoms with Crippen LogP contribution in [0, 0.1) is 13.8 Å². The molecule has 0 amide bonds. The Morgan fingerprint density at radius 1 is 0.941 bits per heavy atom. The SMILES string of the molecule is Cc1ccc(C(O)c2ccc(Cl)c(C)c2)cc1. The third kappa shape index (κ3) is 2.68. The highest BCUT2D eigenvalue weighted by Gasteiger charge is 2.10.